The zero-order chi connectivity index (χ0) is 27.4. The van der Waals surface area contributed by atoms with Crippen molar-refractivity contribution in [2.24, 2.45) is 5.92 Å². The quantitative estimate of drug-likeness (QED) is 0.162. The molecule has 1 aromatic heterocycles. The van der Waals surface area contributed by atoms with E-state index >= 15 is 0 Å². The van der Waals surface area contributed by atoms with E-state index < -0.39 is 16.1 Å². The number of hydrogen-bond donors (Lipinski definition) is 3. The first-order valence-electron chi connectivity index (χ1n) is 12.9. The first-order chi connectivity index (χ1) is 18.1. The highest BCUT2D eigenvalue weighted by molar-refractivity contribution is 7.89. The molecular formula is C29H34N2O6S. The fourth-order valence-electron chi connectivity index (χ4n) is 4.54. The fourth-order valence-corrected chi connectivity index (χ4v) is 5.68. The molecule has 1 amide bonds. The van der Waals surface area contributed by atoms with Crippen molar-refractivity contribution in [1.82, 2.24) is 9.84 Å². The van der Waals surface area contributed by atoms with Crippen molar-refractivity contribution < 1.29 is 27.8 Å². The van der Waals surface area contributed by atoms with E-state index in [2.05, 4.69) is 4.83 Å². The van der Waals surface area contributed by atoms with Crippen LogP contribution in [-0.2, 0) is 21.2 Å². The number of aromatic hydroxyl groups is 2. The lowest BCUT2D eigenvalue weighted by molar-refractivity contribution is -0.136. The monoisotopic (exact) mass is 538 g/mol. The minimum absolute atomic E-state index is 0.0263. The molecule has 2 atom stereocenters. The number of sulfonamides is 1. The van der Waals surface area contributed by atoms with Gasteiger partial charge in [0.15, 0.2) is 11.5 Å². The van der Waals surface area contributed by atoms with Crippen LogP contribution in [0.3, 0.4) is 0 Å². The fraction of sp³-hybridized carbons (Fsp3) is 0.345. The van der Waals surface area contributed by atoms with Gasteiger partial charge in [-0.1, -0.05) is 57.5 Å². The summed E-state index contributed by atoms with van der Waals surface area (Å²) in [7, 11) is -4.11. The average Bonchev–Trinajstić information content (AvgIpc) is 3.28. The van der Waals surface area contributed by atoms with Crippen LogP contribution in [0.4, 0.5) is 0 Å². The number of aryl methyl sites for hydroxylation is 1. The SMILES string of the molecule is CCC(C)CC(=O)N(NS(=O)(=O)c1ccc2oc3ccccc3c2c1)C(CC)CCc1cccc(O)c1O. The van der Waals surface area contributed by atoms with Crippen molar-refractivity contribution in [2.45, 2.75) is 63.8 Å². The third kappa shape index (κ3) is 5.79. The highest BCUT2D eigenvalue weighted by Crippen LogP contribution is 2.32. The molecule has 0 fully saturated rings. The summed E-state index contributed by atoms with van der Waals surface area (Å²) in [6.45, 7) is 5.82. The number of hydrogen-bond acceptors (Lipinski definition) is 6. The number of nitrogens with one attached hydrogen (secondary N) is 1. The zero-order valence-electron chi connectivity index (χ0n) is 21.8. The van der Waals surface area contributed by atoms with Gasteiger partial charge in [-0.15, -0.1) is 4.83 Å². The Hall–Kier alpha value is -3.56. The number of para-hydroxylation sites is 2. The summed E-state index contributed by atoms with van der Waals surface area (Å²) in [6, 6.07) is 16.3. The van der Waals surface area contributed by atoms with Gasteiger partial charge >= 0.3 is 0 Å². The van der Waals surface area contributed by atoms with Gasteiger partial charge < -0.3 is 14.6 Å². The lowest BCUT2D eigenvalue weighted by Gasteiger charge is -2.32. The van der Waals surface area contributed by atoms with E-state index in [0.717, 1.165) is 11.8 Å². The van der Waals surface area contributed by atoms with E-state index in [9.17, 15) is 23.4 Å². The Kier molecular flexibility index (Phi) is 8.28. The molecule has 0 aliphatic carbocycles. The molecule has 8 nitrogen and oxygen atoms in total. The average molecular weight is 539 g/mol. The van der Waals surface area contributed by atoms with Gasteiger partial charge in [0.25, 0.3) is 10.0 Å². The number of phenols is 2. The van der Waals surface area contributed by atoms with Crippen molar-refractivity contribution in [3.05, 3.63) is 66.2 Å². The Morgan fingerprint density at radius 2 is 1.71 bits per heavy atom. The number of hydrazine groups is 1. The Balaban J connectivity index is 1.64. The number of rotatable bonds is 11. The second kappa shape index (κ2) is 11.4. The van der Waals surface area contributed by atoms with Crippen molar-refractivity contribution in [1.29, 1.82) is 0 Å². The maximum Gasteiger partial charge on any atom is 0.257 e. The van der Waals surface area contributed by atoms with E-state index in [1.165, 1.54) is 17.1 Å². The van der Waals surface area contributed by atoms with Crippen LogP contribution in [0.1, 0.15) is 52.0 Å². The van der Waals surface area contributed by atoms with Crippen molar-refractivity contribution in [2.75, 3.05) is 0 Å². The molecule has 3 aromatic carbocycles. The van der Waals surface area contributed by atoms with E-state index in [4.69, 9.17) is 4.42 Å². The Morgan fingerprint density at radius 3 is 2.45 bits per heavy atom. The molecule has 0 bridgehead atoms. The lowest BCUT2D eigenvalue weighted by atomic mass is 10.0. The summed E-state index contributed by atoms with van der Waals surface area (Å²) in [5.41, 5.74) is 1.77. The van der Waals surface area contributed by atoms with E-state index in [1.807, 2.05) is 45.0 Å². The van der Waals surface area contributed by atoms with Crippen LogP contribution in [0.2, 0.25) is 0 Å². The molecule has 0 saturated heterocycles. The smallest absolute Gasteiger partial charge is 0.257 e. The van der Waals surface area contributed by atoms with Gasteiger partial charge in [0.05, 0.1) is 4.90 Å². The summed E-state index contributed by atoms with van der Waals surface area (Å²) in [5, 5.41) is 22.8. The number of amides is 1. The number of furan rings is 1. The third-order valence-corrected chi connectivity index (χ3v) is 8.36. The molecule has 0 spiro atoms. The summed E-state index contributed by atoms with van der Waals surface area (Å²) >= 11 is 0. The van der Waals surface area contributed by atoms with Crippen LogP contribution >= 0.6 is 0 Å². The van der Waals surface area contributed by atoms with Crippen LogP contribution in [0.15, 0.2) is 70.0 Å². The Bertz CT molecular complexity index is 1550. The van der Waals surface area contributed by atoms with Crippen molar-refractivity contribution >= 4 is 37.9 Å². The number of carbonyl (C=O) groups excluding carboxylic acids is 1. The Labute approximate surface area is 222 Å². The normalized spacial score (nSPS) is 13.6. The largest absolute Gasteiger partial charge is 0.504 e. The molecule has 202 valence electrons. The molecule has 1 heterocycles. The predicted octanol–water partition coefficient (Wildman–Crippen LogP) is 5.87. The molecule has 4 rings (SSSR count). The zero-order valence-corrected chi connectivity index (χ0v) is 22.7. The van der Waals surface area contributed by atoms with Crippen LogP contribution in [0.25, 0.3) is 21.9 Å². The number of phenolic OH excluding ortho intramolecular Hbond substituents is 2. The summed E-state index contributed by atoms with van der Waals surface area (Å²) in [6.07, 6.45) is 2.19. The number of nitrogens with zero attached hydrogens (tertiary/aromatic N) is 1. The number of fused-ring (bicyclic) bond motifs is 3. The topological polar surface area (TPSA) is 120 Å². The van der Waals surface area contributed by atoms with E-state index in [-0.39, 0.29) is 34.6 Å². The first-order valence-corrected chi connectivity index (χ1v) is 14.4. The number of carbonyl (C=O) groups is 1. The molecule has 9 heteroatoms. The van der Waals surface area contributed by atoms with Crippen LogP contribution in [0.5, 0.6) is 11.5 Å². The molecule has 3 N–H and O–H groups in total. The Morgan fingerprint density at radius 1 is 0.974 bits per heavy atom. The summed E-state index contributed by atoms with van der Waals surface area (Å²) in [4.78, 5) is 16.0. The minimum atomic E-state index is -4.11. The van der Waals surface area contributed by atoms with Crippen LogP contribution in [0, 0.1) is 5.92 Å². The van der Waals surface area contributed by atoms with Gasteiger partial charge in [-0.05, 0) is 61.1 Å². The third-order valence-electron chi connectivity index (χ3n) is 7.05. The second-order valence-electron chi connectivity index (χ2n) is 9.72. The maximum absolute atomic E-state index is 13.6. The molecule has 38 heavy (non-hydrogen) atoms. The molecule has 0 saturated carbocycles. The van der Waals surface area contributed by atoms with Gasteiger partial charge in [-0.2, -0.15) is 0 Å². The summed E-state index contributed by atoms with van der Waals surface area (Å²) in [5.74, 6) is -0.662. The number of benzene rings is 3. The minimum Gasteiger partial charge on any atom is -0.504 e. The van der Waals surface area contributed by atoms with E-state index in [0.29, 0.717) is 41.4 Å². The van der Waals surface area contributed by atoms with Crippen molar-refractivity contribution in [3.8, 4) is 11.5 Å². The van der Waals surface area contributed by atoms with Gasteiger partial charge in [0.1, 0.15) is 11.2 Å². The lowest BCUT2D eigenvalue weighted by Crippen LogP contribution is -2.52. The summed E-state index contributed by atoms with van der Waals surface area (Å²) < 4.78 is 33.0. The first kappa shape index (κ1) is 27.5. The highest BCUT2D eigenvalue weighted by Gasteiger charge is 2.29. The van der Waals surface area contributed by atoms with Crippen LogP contribution < -0.4 is 4.83 Å². The molecule has 0 aliphatic rings. The molecular weight excluding hydrogens is 504 g/mol. The van der Waals surface area contributed by atoms with Gasteiger partial charge in [-0.25, -0.2) is 8.42 Å². The van der Waals surface area contributed by atoms with Gasteiger partial charge in [-0.3, -0.25) is 9.80 Å². The second-order valence-corrected chi connectivity index (χ2v) is 11.4. The maximum atomic E-state index is 13.6. The van der Waals surface area contributed by atoms with Crippen LogP contribution in [-0.4, -0.2) is 35.6 Å². The molecule has 4 aromatic rings. The molecule has 0 aliphatic heterocycles. The van der Waals surface area contributed by atoms with Gasteiger partial charge in [0, 0.05) is 23.2 Å². The predicted molar refractivity (Wildman–Crippen MR) is 147 cm³/mol. The van der Waals surface area contributed by atoms with Gasteiger partial charge in [0.2, 0.25) is 5.91 Å². The van der Waals surface area contributed by atoms with Crippen molar-refractivity contribution in [3.63, 3.8) is 0 Å². The molecule has 2 unspecified atom stereocenters. The molecule has 0 radical (unpaired) electrons. The van der Waals surface area contributed by atoms with E-state index in [1.54, 1.807) is 24.3 Å². The standard InChI is InChI=1S/C29H34N2O6S/c1-4-19(3)17-28(33)31(21(5-2)14-13-20-9-8-11-25(32)29(20)34)30-38(35,36)22-15-16-27-24(18-22)23-10-6-7-12-26(23)37-27/h6-12,15-16,18-19,21,30,32,34H,4-5,13-14,17H2,1-3H3. The highest BCUT2D eigenvalue weighted by atomic mass is 32.2.